The number of rotatable bonds is 2. The molecule has 1 aromatic rings. The van der Waals surface area contributed by atoms with Gasteiger partial charge < -0.3 is 15.1 Å². The predicted molar refractivity (Wildman–Crippen MR) is 93.1 cm³/mol. The van der Waals surface area contributed by atoms with Crippen molar-refractivity contribution in [3.8, 4) is 0 Å². The number of anilines is 2. The molecule has 3 aliphatic heterocycles. The molecule has 4 rings (SSSR count). The minimum Gasteiger partial charge on any atom is -0.371 e. The number of benzene rings is 1. The molecular formula is C18H25FN4O. The van der Waals surface area contributed by atoms with Gasteiger partial charge in [-0.25, -0.2) is 9.18 Å². The Morgan fingerprint density at radius 1 is 1.21 bits per heavy atom. The second kappa shape index (κ2) is 6.24. The largest absolute Gasteiger partial charge is 0.371 e. The number of hydrogen-bond acceptors (Lipinski definition) is 3. The van der Waals surface area contributed by atoms with Crippen LogP contribution >= 0.6 is 0 Å². The summed E-state index contributed by atoms with van der Waals surface area (Å²) >= 11 is 0. The molecule has 3 saturated heterocycles. The number of nitrogens with zero attached hydrogens (tertiary/aromatic N) is 3. The van der Waals surface area contributed by atoms with Crippen molar-refractivity contribution in [3.05, 3.63) is 24.0 Å². The summed E-state index contributed by atoms with van der Waals surface area (Å²) in [5, 5.41) is 3.30. The molecule has 2 amide bonds. The van der Waals surface area contributed by atoms with Gasteiger partial charge in [-0.15, -0.1) is 0 Å². The van der Waals surface area contributed by atoms with Crippen molar-refractivity contribution in [1.29, 1.82) is 0 Å². The molecule has 0 spiro atoms. The van der Waals surface area contributed by atoms with Crippen LogP contribution in [0.25, 0.3) is 0 Å². The molecule has 0 radical (unpaired) electrons. The number of piperidine rings is 1. The average molecular weight is 332 g/mol. The zero-order valence-electron chi connectivity index (χ0n) is 14.2. The molecule has 0 aliphatic carbocycles. The summed E-state index contributed by atoms with van der Waals surface area (Å²) in [6.45, 7) is 7.08. The third kappa shape index (κ3) is 2.73. The number of fused-ring (bicyclic) bond motifs is 1. The maximum Gasteiger partial charge on any atom is 0.325 e. The van der Waals surface area contributed by atoms with E-state index >= 15 is 0 Å². The average Bonchev–Trinajstić information content (AvgIpc) is 2.93. The number of hydrogen-bond donors (Lipinski definition) is 1. The molecule has 0 bridgehead atoms. The highest BCUT2D eigenvalue weighted by molar-refractivity contribution is 5.95. The molecule has 6 heteroatoms. The molecule has 24 heavy (non-hydrogen) atoms. The van der Waals surface area contributed by atoms with Crippen LogP contribution in [0.15, 0.2) is 18.2 Å². The minimum atomic E-state index is -0.299. The highest BCUT2D eigenvalue weighted by atomic mass is 19.1. The molecule has 3 heterocycles. The zero-order chi connectivity index (χ0) is 16.7. The van der Waals surface area contributed by atoms with E-state index in [-0.39, 0.29) is 17.9 Å². The maximum absolute atomic E-state index is 14.7. The summed E-state index contributed by atoms with van der Waals surface area (Å²) in [5.74, 6) is 0.450. The molecule has 0 saturated carbocycles. The van der Waals surface area contributed by atoms with E-state index in [2.05, 4.69) is 17.1 Å². The first-order chi connectivity index (χ1) is 11.6. The van der Waals surface area contributed by atoms with Crippen molar-refractivity contribution >= 4 is 17.4 Å². The van der Waals surface area contributed by atoms with Crippen molar-refractivity contribution in [2.75, 3.05) is 49.1 Å². The molecule has 5 nitrogen and oxygen atoms in total. The van der Waals surface area contributed by atoms with Gasteiger partial charge in [0.1, 0.15) is 5.82 Å². The Balaban J connectivity index is 1.53. The quantitative estimate of drug-likeness (QED) is 0.903. The first kappa shape index (κ1) is 15.7. The third-order valence-corrected chi connectivity index (χ3v) is 5.59. The maximum atomic E-state index is 14.7. The Kier molecular flexibility index (Phi) is 4.08. The summed E-state index contributed by atoms with van der Waals surface area (Å²) in [6, 6.07) is 5.39. The molecule has 0 unspecified atom stereocenters. The standard InChI is InChI=1S/C18H25FN4O/c1-13-4-7-21(8-5-13)14-2-3-17(16(19)10-14)23-12-15-11-20-6-9-22(15)18(23)24/h2-3,10,13,15,20H,4-9,11-12H2,1H3/t15-/m0/s1. The minimum absolute atomic E-state index is 0.0695. The first-order valence-corrected chi connectivity index (χ1v) is 8.97. The number of carbonyl (C=O) groups is 1. The van der Waals surface area contributed by atoms with E-state index in [9.17, 15) is 9.18 Å². The molecule has 1 N–H and O–H groups in total. The number of urea groups is 1. The Morgan fingerprint density at radius 3 is 2.71 bits per heavy atom. The molecule has 130 valence electrons. The molecule has 1 aromatic carbocycles. The molecular weight excluding hydrogens is 307 g/mol. The van der Waals surface area contributed by atoms with Gasteiger partial charge in [0.05, 0.1) is 11.7 Å². The molecule has 3 aliphatic rings. The van der Waals surface area contributed by atoms with Crippen molar-refractivity contribution in [3.63, 3.8) is 0 Å². The van der Waals surface area contributed by atoms with Gasteiger partial charge in [-0.2, -0.15) is 0 Å². The summed E-state index contributed by atoms with van der Waals surface area (Å²) < 4.78 is 14.7. The monoisotopic (exact) mass is 332 g/mol. The zero-order valence-corrected chi connectivity index (χ0v) is 14.2. The van der Waals surface area contributed by atoms with Gasteiger partial charge in [0.2, 0.25) is 0 Å². The van der Waals surface area contributed by atoms with Crippen molar-refractivity contribution in [2.45, 2.75) is 25.8 Å². The van der Waals surface area contributed by atoms with Crippen molar-refractivity contribution < 1.29 is 9.18 Å². The first-order valence-electron chi connectivity index (χ1n) is 8.97. The highest BCUT2D eigenvalue weighted by Crippen LogP contribution is 2.31. The van der Waals surface area contributed by atoms with E-state index in [0.717, 1.165) is 50.6 Å². The fourth-order valence-electron chi connectivity index (χ4n) is 4.00. The number of halogens is 1. The lowest BCUT2D eigenvalue weighted by Gasteiger charge is -2.32. The second-order valence-corrected chi connectivity index (χ2v) is 7.25. The predicted octanol–water partition coefficient (Wildman–Crippen LogP) is 2.28. The summed E-state index contributed by atoms with van der Waals surface area (Å²) in [6.07, 6.45) is 2.30. The molecule has 0 aromatic heterocycles. The van der Waals surface area contributed by atoms with E-state index in [1.807, 2.05) is 11.0 Å². The van der Waals surface area contributed by atoms with Crippen LogP contribution in [0.4, 0.5) is 20.6 Å². The van der Waals surface area contributed by atoms with Crippen LogP contribution in [0.3, 0.4) is 0 Å². The van der Waals surface area contributed by atoms with E-state index in [1.165, 1.54) is 0 Å². The fraction of sp³-hybridized carbons (Fsp3) is 0.611. The Morgan fingerprint density at radius 2 is 2.00 bits per heavy atom. The van der Waals surface area contributed by atoms with E-state index in [4.69, 9.17) is 0 Å². The van der Waals surface area contributed by atoms with Crippen LogP contribution in [0.5, 0.6) is 0 Å². The van der Waals surface area contributed by atoms with E-state index in [1.54, 1.807) is 17.0 Å². The molecule has 3 fully saturated rings. The highest BCUT2D eigenvalue weighted by Gasteiger charge is 2.40. The Bertz CT molecular complexity index is 629. The van der Waals surface area contributed by atoms with Crippen LogP contribution in [0.1, 0.15) is 19.8 Å². The van der Waals surface area contributed by atoms with Gasteiger partial charge in [-0.1, -0.05) is 6.92 Å². The van der Waals surface area contributed by atoms with Crippen LogP contribution < -0.4 is 15.1 Å². The number of amides is 2. The SMILES string of the molecule is CC1CCN(c2ccc(N3C[C@@H]4CNCCN4C3=O)c(F)c2)CC1. The smallest absolute Gasteiger partial charge is 0.325 e. The van der Waals surface area contributed by atoms with Crippen LogP contribution in [-0.4, -0.2) is 56.2 Å². The Labute approximate surface area is 142 Å². The lowest BCUT2D eigenvalue weighted by molar-refractivity contribution is 0.193. The van der Waals surface area contributed by atoms with Crippen LogP contribution in [0, 0.1) is 11.7 Å². The van der Waals surface area contributed by atoms with Gasteiger partial charge >= 0.3 is 6.03 Å². The van der Waals surface area contributed by atoms with Gasteiger partial charge in [-0.05, 0) is 37.0 Å². The van der Waals surface area contributed by atoms with Gasteiger partial charge in [-0.3, -0.25) is 4.90 Å². The summed E-state index contributed by atoms with van der Waals surface area (Å²) in [5.41, 5.74) is 1.33. The van der Waals surface area contributed by atoms with Crippen molar-refractivity contribution in [1.82, 2.24) is 10.2 Å². The lowest BCUT2D eigenvalue weighted by Crippen LogP contribution is -2.49. The lowest BCUT2D eigenvalue weighted by atomic mass is 9.99. The van der Waals surface area contributed by atoms with Gasteiger partial charge in [0.15, 0.2) is 0 Å². The number of nitrogens with one attached hydrogen (secondary N) is 1. The third-order valence-electron chi connectivity index (χ3n) is 5.59. The van der Waals surface area contributed by atoms with E-state index in [0.29, 0.717) is 18.8 Å². The number of carbonyl (C=O) groups excluding carboxylic acids is 1. The number of piperazine rings is 1. The molecule has 1 atom stereocenters. The van der Waals surface area contributed by atoms with Gasteiger partial charge in [0.25, 0.3) is 0 Å². The fourth-order valence-corrected chi connectivity index (χ4v) is 4.00. The van der Waals surface area contributed by atoms with Gasteiger partial charge in [0, 0.05) is 45.0 Å². The summed E-state index contributed by atoms with van der Waals surface area (Å²) in [7, 11) is 0. The second-order valence-electron chi connectivity index (χ2n) is 7.25. The normalized spacial score (nSPS) is 25.3. The van der Waals surface area contributed by atoms with Crippen molar-refractivity contribution in [2.24, 2.45) is 5.92 Å². The van der Waals surface area contributed by atoms with Crippen LogP contribution in [-0.2, 0) is 0 Å². The topological polar surface area (TPSA) is 38.8 Å². The Hall–Kier alpha value is -1.82. The van der Waals surface area contributed by atoms with Crippen LogP contribution in [0.2, 0.25) is 0 Å². The summed E-state index contributed by atoms with van der Waals surface area (Å²) in [4.78, 5) is 18.3. The van der Waals surface area contributed by atoms with E-state index < -0.39 is 0 Å².